The molecule has 0 radical (unpaired) electrons. The number of nitrogens with zero attached hydrogens (tertiary/aromatic N) is 1. The zero-order valence-electron chi connectivity index (χ0n) is 16.0. The predicted octanol–water partition coefficient (Wildman–Crippen LogP) is 5.84. The van der Waals surface area contributed by atoms with Crippen LogP contribution in [0.5, 0.6) is 0 Å². The zero-order valence-corrected chi connectivity index (χ0v) is 16.8. The van der Waals surface area contributed by atoms with E-state index in [1.165, 1.54) is 6.42 Å². The summed E-state index contributed by atoms with van der Waals surface area (Å²) < 4.78 is 28.8. The molecule has 2 aliphatic rings. The molecule has 28 heavy (non-hydrogen) atoms. The third-order valence-corrected chi connectivity index (χ3v) is 6.67. The number of hydrogen-bond donors (Lipinski definition) is 1. The number of carbonyl (C=O) groups excluding carboxylic acids is 1. The Kier molecular flexibility index (Phi) is 5.75. The number of halogens is 3. The summed E-state index contributed by atoms with van der Waals surface area (Å²) in [7, 11) is 0. The lowest BCUT2D eigenvalue weighted by Crippen LogP contribution is -2.26. The Hall–Kier alpha value is -1.46. The van der Waals surface area contributed by atoms with Crippen LogP contribution in [0.1, 0.15) is 61.7 Å². The third kappa shape index (κ3) is 4.25. The highest BCUT2D eigenvalue weighted by molar-refractivity contribution is 6.37. The van der Waals surface area contributed by atoms with Crippen molar-refractivity contribution in [3.63, 3.8) is 0 Å². The normalized spacial score (nSPS) is 22.8. The first-order valence-corrected chi connectivity index (χ1v) is 10.7. The van der Waals surface area contributed by atoms with Gasteiger partial charge < -0.3 is 9.88 Å². The molecule has 1 unspecified atom stereocenters. The van der Waals surface area contributed by atoms with Gasteiger partial charge in [-0.2, -0.15) is 0 Å². The first-order valence-electron chi connectivity index (χ1n) is 10.3. The van der Waals surface area contributed by atoms with E-state index >= 15 is 0 Å². The van der Waals surface area contributed by atoms with Crippen molar-refractivity contribution in [3.8, 4) is 0 Å². The largest absolute Gasteiger partial charge is 0.345 e. The summed E-state index contributed by atoms with van der Waals surface area (Å²) in [5, 5.41) is 4.91. The summed E-state index contributed by atoms with van der Waals surface area (Å²) in [6.07, 6.45) is 6.24. The standard InChI is InChI=1S/C22H27ClF2N2O/c23-18-4-1-5-19-21(18)17(14-27(19)13-16-3-2-12-26-16)20(28)7-6-15-8-10-22(24,25)11-9-15/h1,4-5,14-16,26H,2-3,6-13H2. The van der Waals surface area contributed by atoms with Crippen LogP contribution in [0.15, 0.2) is 24.4 Å². The number of benzene rings is 1. The van der Waals surface area contributed by atoms with Crippen LogP contribution in [0.4, 0.5) is 8.78 Å². The van der Waals surface area contributed by atoms with E-state index in [-0.39, 0.29) is 24.5 Å². The molecular formula is C22H27ClF2N2O. The molecule has 0 bridgehead atoms. The van der Waals surface area contributed by atoms with Crippen LogP contribution < -0.4 is 5.32 Å². The van der Waals surface area contributed by atoms with E-state index < -0.39 is 5.92 Å². The minimum atomic E-state index is -2.52. The van der Waals surface area contributed by atoms with Crippen molar-refractivity contribution in [1.29, 1.82) is 0 Å². The number of aromatic nitrogens is 1. The molecule has 1 saturated carbocycles. The summed E-state index contributed by atoms with van der Waals surface area (Å²) in [5.74, 6) is -2.24. The van der Waals surface area contributed by atoms with Crippen molar-refractivity contribution < 1.29 is 13.6 Å². The van der Waals surface area contributed by atoms with Crippen LogP contribution in [-0.4, -0.2) is 28.9 Å². The number of Topliss-reactive ketones (excluding diaryl/α,β-unsaturated/α-hetero) is 1. The van der Waals surface area contributed by atoms with E-state index in [1.54, 1.807) is 0 Å². The van der Waals surface area contributed by atoms with Gasteiger partial charge in [-0.25, -0.2) is 8.78 Å². The minimum Gasteiger partial charge on any atom is -0.345 e. The topological polar surface area (TPSA) is 34.0 Å². The van der Waals surface area contributed by atoms with E-state index in [0.717, 1.165) is 30.4 Å². The molecule has 2 fully saturated rings. The number of hydrogen-bond acceptors (Lipinski definition) is 2. The van der Waals surface area contributed by atoms with Gasteiger partial charge in [-0.05, 0) is 56.7 Å². The number of alkyl halides is 2. The maximum Gasteiger partial charge on any atom is 0.248 e. The van der Waals surface area contributed by atoms with Gasteiger partial charge in [0, 0.05) is 49.0 Å². The van der Waals surface area contributed by atoms with Gasteiger partial charge in [0.2, 0.25) is 5.92 Å². The van der Waals surface area contributed by atoms with Crippen molar-refractivity contribution in [3.05, 3.63) is 35.0 Å². The van der Waals surface area contributed by atoms with Crippen molar-refractivity contribution in [2.45, 2.75) is 69.9 Å². The number of carbonyl (C=O) groups is 1. The molecule has 4 rings (SSSR count). The van der Waals surface area contributed by atoms with Crippen LogP contribution >= 0.6 is 11.6 Å². The van der Waals surface area contributed by atoms with E-state index in [4.69, 9.17) is 11.6 Å². The van der Waals surface area contributed by atoms with E-state index in [0.29, 0.717) is 42.3 Å². The van der Waals surface area contributed by atoms with Gasteiger partial charge in [0.05, 0.1) is 10.5 Å². The van der Waals surface area contributed by atoms with Gasteiger partial charge in [-0.1, -0.05) is 17.7 Å². The Morgan fingerprint density at radius 3 is 2.75 bits per heavy atom. The van der Waals surface area contributed by atoms with Crippen LogP contribution in [0.3, 0.4) is 0 Å². The molecule has 1 N–H and O–H groups in total. The van der Waals surface area contributed by atoms with Gasteiger partial charge in [-0.3, -0.25) is 4.79 Å². The van der Waals surface area contributed by atoms with Crippen LogP contribution in [0, 0.1) is 5.92 Å². The van der Waals surface area contributed by atoms with Gasteiger partial charge >= 0.3 is 0 Å². The number of ketones is 1. The molecular weight excluding hydrogens is 382 g/mol. The highest BCUT2D eigenvalue weighted by atomic mass is 35.5. The van der Waals surface area contributed by atoms with Crippen LogP contribution in [0.25, 0.3) is 10.9 Å². The van der Waals surface area contributed by atoms with Crippen molar-refractivity contribution in [2.75, 3.05) is 6.54 Å². The highest BCUT2D eigenvalue weighted by Crippen LogP contribution is 2.38. The molecule has 2 heterocycles. The molecule has 3 nitrogen and oxygen atoms in total. The molecule has 1 aliphatic heterocycles. The Morgan fingerprint density at radius 1 is 1.25 bits per heavy atom. The Balaban J connectivity index is 1.50. The zero-order chi connectivity index (χ0) is 19.7. The minimum absolute atomic E-state index is 0.0502. The second kappa shape index (κ2) is 8.11. The van der Waals surface area contributed by atoms with Gasteiger partial charge in [0.15, 0.2) is 5.78 Å². The maximum atomic E-state index is 13.3. The van der Waals surface area contributed by atoms with E-state index in [1.807, 2.05) is 24.4 Å². The molecule has 6 heteroatoms. The molecule has 2 aromatic rings. The molecule has 0 spiro atoms. The highest BCUT2D eigenvalue weighted by Gasteiger charge is 2.35. The molecule has 1 atom stereocenters. The van der Waals surface area contributed by atoms with Crippen LogP contribution in [0.2, 0.25) is 5.02 Å². The number of rotatable bonds is 6. The molecule has 152 valence electrons. The first-order chi connectivity index (χ1) is 13.4. The van der Waals surface area contributed by atoms with E-state index in [2.05, 4.69) is 9.88 Å². The monoisotopic (exact) mass is 408 g/mol. The van der Waals surface area contributed by atoms with Gasteiger partial charge in [0.25, 0.3) is 0 Å². The maximum absolute atomic E-state index is 13.3. The summed E-state index contributed by atoms with van der Waals surface area (Å²) in [4.78, 5) is 13.0. The summed E-state index contributed by atoms with van der Waals surface area (Å²) in [5.41, 5.74) is 1.65. The molecule has 0 amide bonds. The predicted molar refractivity (Wildman–Crippen MR) is 108 cm³/mol. The molecule has 1 aliphatic carbocycles. The second-order valence-electron chi connectivity index (χ2n) is 8.38. The van der Waals surface area contributed by atoms with Gasteiger partial charge in [0.1, 0.15) is 0 Å². The molecule has 1 aromatic carbocycles. The smallest absolute Gasteiger partial charge is 0.248 e. The van der Waals surface area contributed by atoms with Crippen LogP contribution in [-0.2, 0) is 6.54 Å². The number of nitrogens with one attached hydrogen (secondary N) is 1. The first kappa shape index (κ1) is 19.8. The Bertz CT molecular complexity index is 848. The lowest BCUT2D eigenvalue weighted by molar-refractivity contribution is -0.0464. The summed E-state index contributed by atoms with van der Waals surface area (Å²) in [6.45, 7) is 1.86. The van der Waals surface area contributed by atoms with Gasteiger partial charge in [-0.15, -0.1) is 0 Å². The second-order valence-corrected chi connectivity index (χ2v) is 8.79. The fraction of sp³-hybridized carbons (Fsp3) is 0.591. The SMILES string of the molecule is O=C(CCC1CCC(F)(F)CC1)c1cn(CC2CCCN2)c2cccc(Cl)c12. The summed E-state index contributed by atoms with van der Waals surface area (Å²) in [6, 6.07) is 6.17. The van der Waals surface area contributed by atoms with Crippen molar-refractivity contribution in [1.82, 2.24) is 9.88 Å². The lowest BCUT2D eigenvalue weighted by atomic mass is 9.83. The third-order valence-electron chi connectivity index (χ3n) is 6.35. The van der Waals surface area contributed by atoms with Crippen molar-refractivity contribution in [2.24, 2.45) is 5.92 Å². The fourth-order valence-electron chi connectivity index (χ4n) is 4.68. The average molecular weight is 409 g/mol. The van der Waals surface area contributed by atoms with E-state index in [9.17, 15) is 13.6 Å². The quantitative estimate of drug-likeness (QED) is 0.609. The Labute approximate surface area is 169 Å². The Morgan fingerprint density at radius 2 is 2.04 bits per heavy atom. The average Bonchev–Trinajstić information content (AvgIpc) is 3.30. The number of fused-ring (bicyclic) bond motifs is 1. The summed E-state index contributed by atoms with van der Waals surface area (Å²) >= 11 is 6.45. The fourth-order valence-corrected chi connectivity index (χ4v) is 4.95. The lowest BCUT2D eigenvalue weighted by Gasteiger charge is -2.27. The molecule has 1 saturated heterocycles. The van der Waals surface area contributed by atoms with Crippen molar-refractivity contribution >= 4 is 28.3 Å². The molecule has 1 aromatic heterocycles.